The number of rotatable bonds is 4. The molecule has 2 aliphatic heterocycles. The first-order valence-electron chi connectivity index (χ1n) is 10.3. The van der Waals surface area contributed by atoms with Gasteiger partial charge < -0.3 is 14.6 Å². The van der Waals surface area contributed by atoms with Gasteiger partial charge in [0, 0.05) is 43.1 Å². The lowest BCUT2D eigenvalue weighted by atomic mass is 9.99. The Morgan fingerprint density at radius 3 is 2.63 bits per heavy atom. The maximum absolute atomic E-state index is 12.8. The van der Waals surface area contributed by atoms with E-state index in [-0.39, 0.29) is 12.0 Å². The number of H-pyrrole nitrogens is 1. The fraction of sp³-hybridized carbons (Fsp3) is 0.591. The zero-order valence-electron chi connectivity index (χ0n) is 16.7. The van der Waals surface area contributed by atoms with Gasteiger partial charge in [0.2, 0.25) is 0 Å². The summed E-state index contributed by atoms with van der Waals surface area (Å²) in [6, 6.07) is 8.62. The number of aromatic amines is 1. The summed E-state index contributed by atoms with van der Waals surface area (Å²) in [5, 5.41) is 1.04. The first kappa shape index (κ1) is 18.4. The lowest BCUT2D eigenvalue weighted by Gasteiger charge is -2.29. The first-order chi connectivity index (χ1) is 13.0. The van der Waals surface area contributed by atoms with Gasteiger partial charge in [0.1, 0.15) is 17.5 Å². The van der Waals surface area contributed by atoms with Crippen LogP contribution in [0.3, 0.4) is 0 Å². The van der Waals surface area contributed by atoms with E-state index in [1.807, 2.05) is 23.1 Å². The number of benzene rings is 1. The average molecular weight is 370 g/mol. The summed E-state index contributed by atoms with van der Waals surface area (Å²) in [5.74, 6) is 1.73. The highest BCUT2D eigenvalue weighted by atomic mass is 16.5. The van der Waals surface area contributed by atoms with E-state index in [1.165, 1.54) is 0 Å². The minimum atomic E-state index is 0.115. The van der Waals surface area contributed by atoms with Gasteiger partial charge in [-0.3, -0.25) is 9.69 Å². The van der Waals surface area contributed by atoms with E-state index in [4.69, 9.17) is 4.74 Å². The Kier molecular flexibility index (Phi) is 5.13. The van der Waals surface area contributed by atoms with E-state index >= 15 is 0 Å². The van der Waals surface area contributed by atoms with Gasteiger partial charge in [0.05, 0.1) is 0 Å². The van der Waals surface area contributed by atoms with Crippen LogP contribution in [0.2, 0.25) is 0 Å². The number of likely N-dealkylation sites (tertiary alicyclic amines) is 2. The van der Waals surface area contributed by atoms with Gasteiger partial charge in [-0.2, -0.15) is 0 Å². The predicted octanol–water partition coefficient (Wildman–Crippen LogP) is 3.90. The molecule has 1 aromatic carbocycles. The van der Waals surface area contributed by atoms with Gasteiger partial charge in [-0.05, 0) is 63.3 Å². The third-order valence-corrected chi connectivity index (χ3v) is 6.10. The van der Waals surface area contributed by atoms with E-state index in [2.05, 4.69) is 36.7 Å². The van der Waals surface area contributed by atoms with Crippen LogP contribution in [0.4, 0.5) is 0 Å². The third-order valence-electron chi connectivity index (χ3n) is 6.10. The van der Waals surface area contributed by atoms with Crippen LogP contribution in [0.1, 0.15) is 50.5 Å². The molecule has 0 radical (unpaired) electrons. The van der Waals surface area contributed by atoms with E-state index in [0.29, 0.717) is 11.7 Å². The molecule has 2 aromatic rings. The number of ether oxygens (including phenoxy) is 1. The number of aromatic nitrogens is 1. The second kappa shape index (κ2) is 7.55. The molecule has 0 saturated carbocycles. The Balaban J connectivity index is 1.45. The van der Waals surface area contributed by atoms with Gasteiger partial charge >= 0.3 is 0 Å². The van der Waals surface area contributed by atoms with Crippen molar-refractivity contribution in [2.24, 2.45) is 5.92 Å². The van der Waals surface area contributed by atoms with Crippen molar-refractivity contribution >= 4 is 16.8 Å². The van der Waals surface area contributed by atoms with Crippen molar-refractivity contribution < 1.29 is 9.53 Å². The predicted molar refractivity (Wildman–Crippen MR) is 108 cm³/mol. The van der Waals surface area contributed by atoms with Crippen molar-refractivity contribution in [2.45, 2.75) is 52.2 Å². The molecule has 1 aromatic heterocycles. The normalized spacial score (nSPS) is 22.1. The van der Waals surface area contributed by atoms with Crippen LogP contribution in [-0.4, -0.2) is 59.0 Å². The molecule has 27 heavy (non-hydrogen) atoms. The Morgan fingerprint density at radius 2 is 1.93 bits per heavy atom. The van der Waals surface area contributed by atoms with Crippen LogP contribution in [0.5, 0.6) is 5.75 Å². The molecular weight excluding hydrogens is 338 g/mol. The number of carbonyl (C=O) groups is 1. The van der Waals surface area contributed by atoms with E-state index < -0.39 is 0 Å². The molecule has 3 heterocycles. The maximum Gasteiger partial charge on any atom is 0.270 e. The second-order valence-corrected chi connectivity index (χ2v) is 8.52. The van der Waals surface area contributed by atoms with Crippen LogP contribution in [0.15, 0.2) is 24.3 Å². The first-order valence-corrected chi connectivity index (χ1v) is 10.3. The second-order valence-electron chi connectivity index (χ2n) is 8.52. The summed E-state index contributed by atoms with van der Waals surface area (Å²) in [4.78, 5) is 20.5. The van der Waals surface area contributed by atoms with E-state index in [1.54, 1.807) is 0 Å². The molecule has 4 rings (SSSR count). The molecule has 5 nitrogen and oxygen atoms in total. The van der Waals surface area contributed by atoms with Gasteiger partial charge in [0.15, 0.2) is 0 Å². The van der Waals surface area contributed by atoms with Crippen LogP contribution in [0.25, 0.3) is 10.9 Å². The van der Waals surface area contributed by atoms with E-state index in [9.17, 15) is 4.79 Å². The molecule has 1 amide bonds. The van der Waals surface area contributed by atoms with Gasteiger partial charge in [-0.25, -0.2) is 0 Å². The van der Waals surface area contributed by atoms with Crippen molar-refractivity contribution in [1.29, 1.82) is 0 Å². The van der Waals surface area contributed by atoms with Crippen molar-refractivity contribution in [3.8, 4) is 5.75 Å². The smallest absolute Gasteiger partial charge is 0.270 e. The number of hydrogen-bond donors (Lipinski definition) is 1. The molecule has 146 valence electrons. The molecule has 5 heteroatoms. The maximum atomic E-state index is 12.8. The molecule has 2 fully saturated rings. The summed E-state index contributed by atoms with van der Waals surface area (Å²) >= 11 is 0. The Labute approximate surface area is 161 Å². The fourth-order valence-corrected chi connectivity index (χ4v) is 4.19. The lowest BCUT2D eigenvalue weighted by Crippen LogP contribution is -2.38. The van der Waals surface area contributed by atoms with Crippen LogP contribution in [-0.2, 0) is 0 Å². The Bertz CT molecular complexity index is 805. The highest BCUT2D eigenvalue weighted by molar-refractivity contribution is 5.98. The number of carbonyl (C=O) groups excluding carboxylic acids is 1. The zero-order valence-corrected chi connectivity index (χ0v) is 16.7. The molecule has 0 spiro atoms. The largest absolute Gasteiger partial charge is 0.489 e. The molecule has 1 atom stereocenters. The van der Waals surface area contributed by atoms with Crippen LogP contribution in [0, 0.1) is 5.92 Å². The van der Waals surface area contributed by atoms with E-state index in [0.717, 1.165) is 68.0 Å². The minimum absolute atomic E-state index is 0.115. The number of piperidine rings is 1. The number of nitrogens with zero attached hydrogens (tertiary/aromatic N) is 2. The SMILES string of the molecule is CC1CCN(C(=O)c2cc3cc(OC4CCN(C(C)C)C4)ccc3[nH]2)CC1. The quantitative estimate of drug-likeness (QED) is 0.889. The van der Waals surface area contributed by atoms with Gasteiger partial charge in [0.25, 0.3) is 5.91 Å². The van der Waals surface area contributed by atoms with Crippen LogP contribution >= 0.6 is 0 Å². The van der Waals surface area contributed by atoms with Crippen LogP contribution < -0.4 is 4.74 Å². The Morgan fingerprint density at radius 1 is 1.15 bits per heavy atom. The molecule has 1 unspecified atom stereocenters. The molecule has 2 saturated heterocycles. The lowest BCUT2D eigenvalue weighted by molar-refractivity contribution is 0.0692. The number of nitrogens with one attached hydrogen (secondary N) is 1. The fourth-order valence-electron chi connectivity index (χ4n) is 4.19. The summed E-state index contributed by atoms with van der Waals surface area (Å²) < 4.78 is 6.21. The molecule has 1 N–H and O–H groups in total. The average Bonchev–Trinajstić information content (AvgIpc) is 3.28. The summed E-state index contributed by atoms with van der Waals surface area (Å²) in [6.07, 6.45) is 3.51. The highest BCUT2D eigenvalue weighted by Crippen LogP contribution is 2.26. The summed E-state index contributed by atoms with van der Waals surface area (Å²) in [5.41, 5.74) is 1.68. The van der Waals surface area contributed by atoms with Gasteiger partial charge in [-0.1, -0.05) is 6.92 Å². The van der Waals surface area contributed by atoms with Crippen molar-refractivity contribution in [3.63, 3.8) is 0 Å². The molecule has 0 aliphatic carbocycles. The summed E-state index contributed by atoms with van der Waals surface area (Å²) in [6.45, 7) is 10.5. The molecule has 0 bridgehead atoms. The van der Waals surface area contributed by atoms with Crippen molar-refractivity contribution in [2.75, 3.05) is 26.2 Å². The highest BCUT2D eigenvalue weighted by Gasteiger charge is 2.26. The number of fused-ring (bicyclic) bond motifs is 1. The number of amides is 1. The van der Waals surface area contributed by atoms with Crippen molar-refractivity contribution in [1.82, 2.24) is 14.8 Å². The zero-order chi connectivity index (χ0) is 19.0. The Hall–Kier alpha value is -2.01. The monoisotopic (exact) mass is 369 g/mol. The van der Waals surface area contributed by atoms with Crippen molar-refractivity contribution in [3.05, 3.63) is 30.0 Å². The molecule has 2 aliphatic rings. The standard InChI is InChI=1S/C22H31N3O2/c1-15(2)25-11-8-19(14-25)27-18-4-5-20-17(12-18)13-21(23-20)22(26)24-9-6-16(3)7-10-24/h4-5,12-13,15-16,19,23H,6-11,14H2,1-3H3. The molecular formula is C22H31N3O2. The minimum Gasteiger partial charge on any atom is -0.489 e. The number of hydrogen-bond acceptors (Lipinski definition) is 3. The summed E-state index contributed by atoms with van der Waals surface area (Å²) in [7, 11) is 0. The topological polar surface area (TPSA) is 48.6 Å². The third kappa shape index (κ3) is 3.98. The van der Waals surface area contributed by atoms with Gasteiger partial charge in [-0.15, -0.1) is 0 Å².